The molecule has 5 N–H and O–H groups in total. The lowest BCUT2D eigenvalue weighted by Gasteiger charge is -2.36. The highest BCUT2D eigenvalue weighted by molar-refractivity contribution is 6.26. The Morgan fingerprint density at radius 2 is 1.74 bits per heavy atom. The van der Waals surface area contributed by atoms with Crippen molar-refractivity contribution >= 4 is 46.0 Å². The third kappa shape index (κ3) is 4.14. The zero-order valence-electron chi connectivity index (χ0n) is 21.9. The van der Waals surface area contributed by atoms with Gasteiger partial charge < -0.3 is 21.7 Å². The molecule has 1 aromatic heterocycles. The number of aryl methyl sites for hydroxylation is 2. The molecule has 6 rings (SSSR count). The van der Waals surface area contributed by atoms with Crippen LogP contribution in [-0.2, 0) is 0 Å². The molecule has 0 spiro atoms. The van der Waals surface area contributed by atoms with Crippen molar-refractivity contribution in [1.82, 2.24) is 20.3 Å². The standard InChI is InChI=1S/C30H29N9/c1-18-9-4-6-13-24(18)38-20(3)26-19(2)10-8-11-21(26)15-22(38)16-33-30-27(28(31)34-17-35-30)29(32)39-25-14-7-5-12-23(25)36-37-39/h4-15H,3,16-17,32H2,1-2H3,(H2,31,34)(H,33,35). The van der Waals surface area contributed by atoms with Gasteiger partial charge in [0.15, 0.2) is 0 Å². The molecule has 3 heterocycles. The van der Waals surface area contributed by atoms with Crippen LogP contribution in [0.2, 0.25) is 0 Å². The summed E-state index contributed by atoms with van der Waals surface area (Å²) in [7, 11) is 0. The van der Waals surface area contributed by atoms with Gasteiger partial charge >= 0.3 is 0 Å². The van der Waals surface area contributed by atoms with Crippen LogP contribution in [0.4, 0.5) is 5.69 Å². The summed E-state index contributed by atoms with van der Waals surface area (Å²) in [5.41, 5.74) is 22.6. The first-order valence-electron chi connectivity index (χ1n) is 12.7. The van der Waals surface area contributed by atoms with Crippen LogP contribution in [0.15, 0.2) is 94.6 Å². The number of nitrogens with two attached hydrogens (primary N) is 2. The second-order valence-corrected chi connectivity index (χ2v) is 9.54. The second-order valence-electron chi connectivity index (χ2n) is 9.54. The Hall–Kier alpha value is -5.18. The van der Waals surface area contributed by atoms with Gasteiger partial charge in [-0.05, 0) is 54.8 Å². The maximum absolute atomic E-state index is 6.63. The van der Waals surface area contributed by atoms with Gasteiger partial charge in [-0.15, -0.1) is 5.10 Å². The van der Waals surface area contributed by atoms with E-state index in [1.807, 2.05) is 36.4 Å². The molecule has 0 radical (unpaired) electrons. The highest BCUT2D eigenvalue weighted by Gasteiger charge is 2.27. The lowest BCUT2D eigenvalue weighted by atomic mass is 9.93. The van der Waals surface area contributed by atoms with E-state index in [9.17, 15) is 0 Å². The molecule has 9 nitrogen and oxygen atoms in total. The van der Waals surface area contributed by atoms with Crippen LogP contribution in [-0.4, -0.2) is 39.9 Å². The predicted octanol–water partition coefficient (Wildman–Crippen LogP) is 4.02. The zero-order valence-corrected chi connectivity index (χ0v) is 21.9. The minimum Gasteiger partial charge on any atom is -0.383 e. The number of fused-ring (bicyclic) bond motifs is 2. The number of nitrogens with one attached hydrogen (secondary N) is 1. The summed E-state index contributed by atoms with van der Waals surface area (Å²) in [5.74, 6) is 1.14. The Balaban J connectivity index is 1.39. The van der Waals surface area contributed by atoms with Crippen LogP contribution in [0.25, 0.3) is 28.6 Å². The molecule has 2 aliphatic heterocycles. The number of aliphatic imine (C=N–C) groups is 2. The summed E-state index contributed by atoms with van der Waals surface area (Å²) < 4.78 is 1.57. The predicted molar refractivity (Wildman–Crippen MR) is 159 cm³/mol. The van der Waals surface area contributed by atoms with Crippen LogP contribution < -0.4 is 21.7 Å². The van der Waals surface area contributed by atoms with Gasteiger partial charge in [0.1, 0.15) is 35.3 Å². The summed E-state index contributed by atoms with van der Waals surface area (Å²) in [5, 5.41) is 12.0. The van der Waals surface area contributed by atoms with Crippen molar-refractivity contribution in [2.45, 2.75) is 13.8 Å². The first kappa shape index (κ1) is 24.2. The van der Waals surface area contributed by atoms with Gasteiger partial charge in [-0.2, -0.15) is 4.68 Å². The summed E-state index contributed by atoms with van der Waals surface area (Å²) >= 11 is 0. The van der Waals surface area contributed by atoms with Gasteiger partial charge in [0.05, 0.1) is 12.1 Å². The molecule has 0 amide bonds. The van der Waals surface area contributed by atoms with Gasteiger partial charge in [0.25, 0.3) is 0 Å². The SMILES string of the molecule is C=C1c2c(C)cccc2C=C(CNC2=NCN=C(N)C2=C(N)n2nnc3ccccc32)N1c1ccccc1C. The molecule has 0 saturated carbocycles. The molecule has 4 aromatic rings. The first-order chi connectivity index (χ1) is 18.9. The van der Waals surface area contributed by atoms with Crippen molar-refractivity contribution in [2.75, 3.05) is 18.1 Å². The van der Waals surface area contributed by atoms with E-state index in [0.29, 0.717) is 29.6 Å². The highest BCUT2D eigenvalue weighted by Crippen LogP contribution is 2.39. The Morgan fingerprint density at radius 3 is 2.59 bits per heavy atom. The summed E-state index contributed by atoms with van der Waals surface area (Å²) in [6.45, 7) is 9.39. The third-order valence-electron chi connectivity index (χ3n) is 7.07. The summed E-state index contributed by atoms with van der Waals surface area (Å²) in [6.07, 6.45) is 2.19. The topological polar surface area (TPSA) is 123 Å². The van der Waals surface area contributed by atoms with Crippen LogP contribution in [0.5, 0.6) is 0 Å². The largest absolute Gasteiger partial charge is 0.383 e. The fourth-order valence-electron chi connectivity index (χ4n) is 5.16. The normalized spacial score (nSPS) is 16.4. The lowest BCUT2D eigenvalue weighted by molar-refractivity contribution is 0.825. The summed E-state index contributed by atoms with van der Waals surface area (Å²) in [4.78, 5) is 11.1. The molecule has 0 aliphatic carbocycles. The third-order valence-corrected chi connectivity index (χ3v) is 7.07. The van der Waals surface area contributed by atoms with Crippen LogP contribution in [0.1, 0.15) is 22.3 Å². The molecular formula is C30H29N9. The lowest BCUT2D eigenvalue weighted by Crippen LogP contribution is -2.40. The van der Waals surface area contributed by atoms with E-state index in [1.54, 1.807) is 4.68 Å². The molecule has 194 valence electrons. The average molecular weight is 516 g/mol. The van der Waals surface area contributed by atoms with Crippen molar-refractivity contribution in [3.05, 3.63) is 107 Å². The minimum atomic E-state index is 0.207. The Kier molecular flexibility index (Phi) is 5.95. The van der Waals surface area contributed by atoms with Crippen molar-refractivity contribution in [2.24, 2.45) is 21.5 Å². The number of hydrogen-bond donors (Lipinski definition) is 3. The number of rotatable bonds is 4. The van der Waals surface area contributed by atoms with E-state index in [-0.39, 0.29) is 6.67 Å². The van der Waals surface area contributed by atoms with E-state index in [0.717, 1.165) is 44.8 Å². The molecule has 2 aliphatic rings. The molecule has 0 unspecified atom stereocenters. The van der Waals surface area contributed by atoms with Gasteiger partial charge in [0.2, 0.25) is 0 Å². The van der Waals surface area contributed by atoms with E-state index < -0.39 is 0 Å². The van der Waals surface area contributed by atoms with Gasteiger partial charge in [-0.25, -0.2) is 9.98 Å². The maximum Gasteiger partial charge on any atom is 0.142 e. The average Bonchev–Trinajstić information content (AvgIpc) is 3.36. The quantitative estimate of drug-likeness (QED) is 0.377. The molecule has 0 fully saturated rings. The molecule has 39 heavy (non-hydrogen) atoms. The number of hydrogen-bond acceptors (Lipinski definition) is 8. The first-order valence-corrected chi connectivity index (χ1v) is 12.7. The minimum absolute atomic E-state index is 0.207. The molecular weight excluding hydrogens is 486 g/mol. The van der Waals surface area contributed by atoms with E-state index in [1.165, 1.54) is 5.56 Å². The van der Waals surface area contributed by atoms with Gasteiger partial charge in [-0.3, -0.25) is 0 Å². The number of aromatic nitrogens is 3. The van der Waals surface area contributed by atoms with E-state index in [2.05, 4.69) is 87.3 Å². The molecule has 0 atom stereocenters. The van der Waals surface area contributed by atoms with Gasteiger partial charge in [-0.1, -0.05) is 60.3 Å². The van der Waals surface area contributed by atoms with E-state index >= 15 is 0 Å². The Labute approximate surface area is 226 Å². The fourth-order valence-corrected chi connectivity index (χ4v) is 5.16. The fraction of sp³-hybridized carbons (Fsp3) is 0.133. The number of anilines is 1. The van der Waals surface area contributed by atoms with Crippen molar-refractivity contribution < 1.29 is 0 Å². The molecule has 0 bridgehead atoms. The number of benzene rings is 3. The molecule has 3 aromatic carbocycles. The molecule has 0 saturated heterocycles. The van der Waals surface area contributed by atoms with Crippen LogP contribution in [0.3, 0.4) is 0 Å². The summed E-state index contributed by atoms with van der Waals surface area (Å²) in [6, 6.07) is 22.2. The van der Waals surface area contributed by atoms with Crippen molar-refractivity contribution in [1.29, 1.82) is 0 Å². The Bertz CT molecular complexity index is 1750. The van der Waals surface area contributed by atoms with E-state index in [4.69, 9.17) is 11.5 Å². The monoisotopic (exact) mass is 515 g/mol. The highest BCUT2D eigenvalue weighted by atomic mass is 15.4. The maximum atomic E-state index is 6.63. The smallest absolute Gasteiger partial charge is 0.142 e. The second kappa shape index (κ2) is 9.60. The van der Waals surface area contributed by atoms with Crippen LogP contribution in [0, 0.1) is 13.8 Å². The van der Waals surface area contributed by atoms with Gasteiger partial charge in [0, 0.05) is 22.6 Å². The van der Waals surface area contributed by atoms with Crippen molar-refractivity contribution in [3.63, 3.8) is 0 Å². The number of para-hydroxylation sites is 2. The zero-order chi connectivity index (χ0) is 27.1. The number of amidine groups is 2. The number of nitrogens with zero attached hydrogens (tertiary/aromatic N) is 6. The van der Waals surface area contributed by atoms with Crippen LogP contribution >= 0.6 is 0 Å². The van der Waals surface area contributed by atoms with Crippen molar-refractivity contribution in [3.8, 4) is 0 Å². The Morgan fingerprint density at radius 1 is 0.974 bits per heavy atom. The molecule has 9 heteroatoms.